The summed E-state index contributed by atoms with van der Waals surface area (Å²) < 4.78 is 26.9. The summed E-state index contributed by atoms with van der Waals surface area (Å²) in [5.74, 6) is -0.126. The molecule has 2 N–H and O–H groups in total. The molecular formula is C18H28ClN3O3S. The van der Waals surface area contributed by atoms with Crippen LogP contribution >= 0.6 is 11.6 Å². The predicted molar refractivity (Wildman–Crippen MR) is 104 cm³/mol. The summed E-state index contributed by atoms with van der Waals surface area (Å²) >= 11 is 5.92. The van der Waals surface area contributed by atoms with E-state index in [4.69, 9.17) is 11.6 Å². The van der Waals surface area contributed by atoms with Gasteiger partial charge >= 0.3 is 0 Å². The van der Waals surface area contributed by atoms with Crippen LogP contribution in [0.15, 0.2) is 29.2 Å². The van der Waals surface area contributed by atoms with Crippen LogP contribution in [-0.4, -0.2) is 51.4 Å². The summed E-state index contributed by atoms with van der Waals surface area (Å²) in [6, 6.07) is 6.43. The first-order valence-electron chi connectivity index (χ1n) is 9.18. The molecule has 6 nitrogen and oxygen atoms in total. The number of likely N-dealkylation sites (tertiary alicyclic amines) is 1. The Hall–Kier alpha value is -1.15. The van der Waals surface area contributed by atoms with Crippen LogP contribution in [0.1, 0.15) is 39.0 Å². The molecule has 1 aliphatic rings. The Balaban J connectivity index is 1.70. The zero-order valence-electron chi connectivity index (χ0n) is 15.2. The minimum absolute atomic E-state index is 0.0292. The van der Waals surface area contributed by atoms with Gasteiger partial charge in [0.1, 0.15) is 4.90 Å². The van der Waals surface area contributed by atoms with Crippen LogP contribution in [-0.2, 0) is 14.8 Å². The summed E-state index contributed by atoms with van der Waals surface area (Å²) in [5, 5.41) is 3.17. The summed E-state index contributed by atoms with van der Waals surface area (Å²) in [4.78, 5) is 14.5. The molecule has 1 fully saturated rings. The van der Waals surface area contributed by atoms with Crippen molar-refractivity contribution in [3.8, 4) is 0 Å². The summed E-state index contributed by atoms with van der Waals surface area (Å²) in [6.07, 6.45) is 4.41. The van der Waals surface area contributed by atoms with Crippen molar-refractivity contribution in [2.45, 2.75) is 50.0 Å². The van der Waals surface area contributed by atoms with Gasteiger partial charge in [0, 0.05) is 32.1 Å². The Bertz CT molecular complexity index is 689. The lowest BCUT2D eigenvalue weighted by Crippen LogP contribution is -2.45. The molecule has 1 aliphatic heterocycles. The highest BCUT2D eigenvalue weighted by Gasteiger charge is 2.21. The zero-order valence-corrected chi connectivity index (χ0v) is 16.8. The van der Waals surface area contributed by atoms with Crippen LogP contribution in [0.3, 0.4) is 0 Å². The standard InChI is InChI=1S/C18H28ClN3O3S/c1-2-3-12-22-13-9-15(10-14-22)21-18(23)8-11-20-26(24,25)17-7-5-4-6-16(17)19/h4-7,15,20H,2-3,8-14H2,1H3,(H,21,23). The normalized spacial score (nSPS) is 16.5. The third-order valence-electron chi connectivity index (χ3n) is 4.55. The molecule has 0 atom stereocenters. The van der Waals surface area contributed by atoms with Gasteiger partial charge in [-0.1, -0.05) is 37.1 Å². The van der Waals surface area contributed by atoms with Crippen LogP contribution in [0.4, 0.5) is 0 Å². The van der Waals surface area contributed by atoms with E-state index in [1.165, 1.54) is 25.0 Å². The van der Waals surface area contributed by atoms with Crippen LogP contribution in [0.25, 0.3) is 0 Å². The van der Waals surface area contributed by atoms with E-state index in [1.54, 1.807) is 12.1 Å². The van der Waals surface area contributed by atoms with Crippen LogP contribution in [0.2, 0.25) is 5.02 Å². The fourth-order valence-electron chi connectivity index (χ4n) is 3.02. The van der Waals surface area contributed by atoms with Gasteiger partial charge in [-0.25, -0.2) is 13.1 Å². The van der Waals surface area contributed by atoms with Crippen LogP contribution in [0, 0.1) is 0 Å². The van der Waals surface area contributed by atoms with Crippen LogP contribution < -0.4 is 10.0 Å². The van der Waals surface area contributed by atoms with Gasteiger partial charge in [-0.15, -0.1) is 0 Å². The van der Waals surface area contributed by atoms with Gasteiger partial charge in [0.2, 0.25) is 15.9 Å². The maximum absolute atomic E-state index is 12.2. The van der Waals surface area contributed by atoms with Crippen molar-refractivity contribution in [2.24, 2.45) is 0 Å². The third-order valence-corrected chi connectivity index (χ3v) is 6.51. The summed E-state index contributed by atoms with van der Waals surface area (Å²) in [6.45, 7) is 5.37. The van der Waals surface area contributed by atoms with E-state index < -0.39 is 10.0 Å². The number of unbranched alkanes of at least 4 members (excludes halogenated alkanes) is 1. The Labute approximate surface area is 161 Å². The molecule has 1 aromatic carbocycles. The highest BCUT2D eigenvalue weighted by atomic mass is 35.5. The first kappa shape index (κ1) is 21.2. The molecule has 0 unspecified atom stereocenters. The number of hydrogen-bond acceptors (Lipinski definition) is 4. The number of carbonyl (C=O) groups excluding carboxylic acids is 1. The molecule has 26 heavy (non-hydrogen) atoms. The van der Waals surface area contributed by atoms with Crippen molar-refractivity contribution in [3.63, 3.8) is 0 Å². The van der Waals surface area contributed by atoms with Gasteiger partial charge in [-0.05, 0) is 37.9 Å². The summed E-state index contributed by atoms with van der Waals surface area (Å²) in [5.41, 5.74) is 0. The molecule has 146 valence electrons. The van der Waals surface area contributed by atoms with E-state index in [-0.39, 0.29) is 34.8 Å². The summed E-state index contributed by atoms with van der Waals surface area (Å²) in [7, 11) is -3.70. The molecule has 0 aromatic heterocycles. The number of sulfonamides is 1. The van der Waals surface area contributed by atoms with Gasteiger partial charge < -0.3 is 10.2 Å². The zero-order chi connectivity index (χ0) is 19.0. The molecule has 0 radical (unpaired) electrons. The minimum Gasteiger partial charge on any atom is -0.353 e. The maximum atomic E-state index is 12.2. The molecule has 1 saturated heterocycles. The van der Waals surface area contributed by atoms with Gasteiger partial charge in [0.25, 0.3) is 0 Å². The van der Waals surface area contributed by atoms with Crippen molar-refractivity contribution in [2.75, 3.05) is 26.2 Å². The predicted octanol–water partition coefficient (Wildman–Crippen LogP) is 2.39. The molecule has 8 heteroatoms. The Kier molecular flexibility index (Phi) is 8.34. The van der Waals surface area contributed by atoms with Gasteiger partial charge in [-0.2, -0.15) is 0 Å². The monoisotopic (exact) mass is 401 g/mol. The lowest BCUT2D eigenvalue weighted by Gasteiger charge is -2.32. The molecule has 0 spiro atoms. The quantitative estimate of drug-likeness (QED) is 0.666. The third kappa shape index (κ3) is 6.54. The molecule has 0 aliphatic carbocycles. The van der Waals surface area contributed by atoms with Crippen molar-refractivity contribution in [1.82, 2.24) is 14.9 Å². The molecule has 0 saturated carbocycles. The van der Waals surface area contributed by atoms with Crippen molar-refractivity contribution < 1.29 is 13.2 Å². The van der Waals surface area contributed by atoms with E-state index in [2.05, 4.69) is 21.9 Å². The van der Waals surface area contributed by atoms with Gasteiger partial charge in [0.15, 0.2) is 0 Å². The fraction of sp³-hybridized carbons (Fsp3) is 0.611. The van der Waals surface area contributed by atoms with E-state index in [0.717, 1.165) is 32.5 Å². The lowest BCUT2D eigenvalue weighted by molar-refractivity contribution is -0.121. The Morgan fingerprint density at radius 1 is 1.27 bits per heavy atom. The second-order valence-corrected chi connectivity index (χ2v) is 8.76. The Morgan fingerprint density at radius 2 is 1.96 bits per heavy atom. The number of amides is 1. The van der Waals surface area contributed by atoms with Gasteiger partial charge in [-0.3, -0.25) is 4.79 Å². The topological polar surface area (TPSA) is 78.5 Å². The number of hydrogen-bond donors (Lipinski definition) is 2. The Morgan fingerprint density at radius 3 is 2.62 bits per heavy atom. The molecule has 1 amide bonds. The highest BCUT2D eigenvalue weighted by molar-refractivity contribution is 7.89. The molecule has 1 heterocycles. The largest absolute Gasteiger partial charge is 0.353 e. The second kappa shape index (κ2) is 10.3. The van der Waals surface area contributed by atoms with Crippen molar-refractivity contribution in [3.05, 3.63) is 29.3 Å². The highest BCUT2D eigenvalue weighted by Crippen LogP contribution is 2.20. The molecule has 1 aromatic rings. The van der Waals surface area contributed by atoms with Gasteiger partial charge in [0.05, 0.1) is 5.02 Å². The van der Waals surface area contributed by atoms with Crippen molar-refractivity contribution in [1.29, 1.82) is 0 Å². The number of piperidine rings is 1. The first-order valence-corrected chi connectivity index (χ1v) is 11.0. The maximum Gasteiger partial charge on any atom is 0.242 e. The molecular weight excluding hydrogens is 374 g/mol. The van der Waals surface area contributed by atoms with E-state index in [9.17, 15) is 13.2 Å². The molecule has 2 rings (SSSR count). The number of nitrogens with one attached hydrogen (secondary N) is 2. The smallest absolute Gasteiger partial charge is 0.242 e. The fourth-order valence-corrected chi connectivity index (χ4v) is 4.57. The SMILES string of the molecule is CCCCN1CCC(NC(=O)CCNS(=O)(=O)c2ccccc2Cl)CC1. The van der Waals surface area contributed by atoms with Crippen LogP contribution in [0.5, 0.6) is 0 Å². The number of carbonyl (C=O) groups is 1. The van der Waals surface area contributed by atoms with E-state index in [1.807, 2.05) is 0 Å². The molecule has 0 bridgehead atoms. The van der Waals surface area contributed by atoms with E-state index >= 15 is 0 Å². The average molecular weight is 402 g/mol. The van der Waals surface area contributed by atoms with E-state index in [0.29, 0.717) is 0 Å². The second-order valence-electron chi connectivity index (χ2n) is 6.62. The number of nitrogens with zero attached hydrogens (tertiary/aromatic N) is 1. The minimum atomic E-state index is -3.70. The number of benzene rings is 1. The lowest BCUT2D eigenvalue weighted by atomic mass is 10.0. The average Bonchev–Trinajstić information content (AvgIpc) is 2.61. The number of halogens is 1. The van der Waals surface area contributed by atoms with Crippen molar-refractivity contribution >= 4 is 27.5 Å². The first-order chi connectivity index (χ1) is 12.4. The number of rotatable bonds is 9.